The summed E-state index contributed by atoms with van der Waals surface area (Å²) < 4.78 is 0. The van der Waals surface area contributed by atoms with Gasteiger partial charge in [0, 0.05) is 29.8 Å². The van der Waals surface area contributed by atoms with Crippen LogP contribution in [0.25, 0.3) is 11.0 Å². The van der Waals surface area contributed by atoms with E-state index in [4.69, 9.17) is 15.0 Å². The Labute approximate surface area is 192 Å². The molecule has 0 fully saturated rings. The molecule has 0 radical (unpaired) electrons. The second-order valence-corrected chi connectivity index (χ2v) is 10.6. The molecule has 0 amide bonds. The van der Waals surface area contributed by atoms with Crippen molar-refractivity contribution in [3.8, 4) is 0 Å². The van der Waals surface area contributed by atoms with Crippen LogP contribution in [0.4, 0.5) is 0 Å². The highest BCUT2D eigenvalue weighted by molar-refractivity contribution is 7.56. The van der Waals surface area contributed by atoms with E-state index in [-0.39, 0.29) is 14.6 Å². The second kappa shape index (κ2) is 10.5. The molecule has 32 heavy (non-hydrogen) atoms. The lowest BCUT2D eigenvalue weighted by Gasteiger charge is -2.23. The Morgan fingerprint density at radius 1 is 0.719 bits per heavy atom. The zero-order valence-electron chi connectivity index (χ0n) is 18.8. The van der Waals surface area contributed by atoms with E-state index in [1.165, 1.54) is 22.2 Å². The average molecular weight is 435 g/mol. The number of nitrogens with zero attached hydrogens (tertiary/aromatic N) is 3. The van der Waals surface area contributed by atoms with E-state index < -0.39 is 0 Å². The van der Waals surface area contributed by atoms with Gasteiger partial charge in [-0.25, -0.2) is 0 Å². The van der Waals surface area contributed by atoms with E-state index in [1.54, 1.807) is 0 Å². The van der Waals surface area contributed by atoms with Crippen molar-refractivity contribution in [3.63, 3.8) is 0 Å². The van der Waals surface area contributed by atoms with Crippen molar-refractivity contribution in [2.45, 2.75) is 6.92 Å². The van der Waals surface area contributed by atoms with Crippen molar-refractivity contribution in [1.29, 1.82) is 0 Å². The van der Waals surface area contributed by atoms with Gasteiger partial charge in [0.25, 0.3) is 6.71 Å². The summed E-state index contributed by atoms with van der Waals surface area (Å²) >= 11 is 0. The minimum atomic E-state index is -0.183. The van der Waals surface area contributed by atoms with Crippen molar-refractivity contribution in [2.24, 2.45) is 0 Å². The Morgan fingerprint density at radius 2 is 1.28 bits per heavy atom. The molecule has 3 heterocycles. The van der Waals surface area contributed by atoms with E-state index in [9.17, 15) is 0 Å². The summed E-state index contributed by atoms with van der Waals surface area (Å²) in [5, 5.41) is 0. The highest BCUT2D eigenvalue weighted by Crippen LogP contribution is 2.37. The van der Waals surface area contributed by atoms with Crippen molar-refractivity contribution < 1.29 is 0 Å². The van der Waals surface area contributed by atoms with Gasteiger partial charge in [-0.1, -0.05) is 48.0 Å². The Morgan fingerprint density at radius 3 is 1.75 bits per heavy atom. The molecular weight excluding hydrogens is 408 g/mol. The van der Waals surface area contributed by atoms with E-state index in [1.807, 2.05) is 48.9 Å². The lowest BCUT2D eigenvalue weighted by atomic mass is 9.38. The lowest BCUT2D eigenvalue weighted by molar-refractivity contribution is 1.28. The average Bonchev–Trinajstić information content (AvgIpc) is 2.83. The fourth-order valence-electron chi connectivity index (χ4n) is 3.94. The normalized spacial score (nSPS) is 11.9. The molecule has 0 spiro atoms. The van der Waals surface area contributed by atoms with Gasteiger partial charge in [-0.2, -0.15) is 0 Å². The standard InChI is InChI=1S/C27H27BN3P/c1-21-13-15-22(16-14-21)23(20-32(2)3)27(24-10-4-7-17-29-24)28(25-11-5-8-18-30-25)26-12-6-9-19-31-26/h4-19H,20H2,1-3H3/b27-23+. The lowest BCUT2D eigenvalue weighted by Crippen LogP contribution is -2.47. The van der Waals surface area contributed by atoms with Crippen molar-refractivity contribution >= 4 is 36.9 Å². The Kier molecular flexibility index (Phi) is 7.24. The summed E-state index contributed by atoms with van der Waals surface area (Å²) in [7, 11) is -0.183. The van der Waals surface area contributed by atoms with E-state index in [0.717, 1.165) is 23.0 Å². The highest BCUT2D eigenvalue weighted by Gasteiger charge is 2.31. The summed E-state index contributed by atoms with van der Waals surface area (Å²) in [4.78, 5) is 14.4. The molecule has 158 valence electrons. The van der Waals surface area contributed by atoms with Gasteiger partial charge < -0.3 is 0 Å². The number of allylic oxidation sites excluding steroid dienone is 1. The molecule has 0 saturated carbocycles. The van der Waals surface area contributed by atoms with Crippen LogP contribution < -0.4 is 11.2 Å². The Bertz CT molecular complexity index is 1120. The number of hydrogen-bond donors (Lipinski definition) is 0. The number of hydrogen-bond acceptors (Lipinski definition) is 3. The minimum absolute atomic E-state index is 0.112. The third kappa shape index (κ3) is 5.20. The van der Waals surface area contributed by atoms with Crippen LogP contribution >= 0.6 is 7.92 Å². The van der Waals surface area contributed by atoms with Crippen molar-refractivity contribution in [1.82, 2.24) is 15.0 Å². The number of benzene rings is 1. The molecule has 3 nitrogen and oxygen atoms in total. The van der Waals surface area contributed by atoms with Gasteiger partial charge in [0.15, 0.2) is 0 Å². The van der Waals surface area contributed by atoms with Gasteiger partial charge in [0.1, 0.15) is 0 Å². The molecule has 3 aromatic heterocycles. The monoisotopic (exact) mass is 435 g/mol. The van der Waals surface area contributed by atoms with Crippen LogP contribution in [-0.4, -0.2) is 41.2 Å². The summed E-state index contributed by atoms with van der Waals surface area (Å²) in [6.07, 6.45) is 6.59. The first kappa shape index (κ1) is 22.1. The van der Waals surface area contributed by atoms with E-state index in [2.05, 4.69) is 68.8 Å². The van der Waals surface area contributed by atoms with Gasteiger partial charge in [-0.05, 0) is 79.4 Å². The van der Waals surface area contributed by atoms with Gasteiger partial charge >= 0.3 is 0 Å². The molecule has 0 unspecified atom stereocenters. The topological polar surface area (TPSA) is 38.7 Å². The zero-order chi connectivity index (χ0) is 22.3. The second-order valence-electron chi connectivity index (χ2n) is 8.15. The first-order chi connectivity index (χ1) is 15.6. The molecular formula is C27H27BN3P. The molecule has 0 atom stereocenters. The Hall–Kier alpha value is -3.10. The van der Waals surface area contributed by atoms with Crippen molar-refractivity contribution in [3.05, 3.63) is 114 Å². The largest absolute Gasteiger partial charge is 0.290 e. The minimum Gasteiger partial charge on any atom is -0.270 e. The molecule has 0 aliphatic carbocycles. The van der Waals surface area contributed by atoms with Crippen LogP contribution in [0.2, 0.25) is 0 Å². The predicted octanol–water partition coefficient (Wildman–Crippen LogP) is 4.68. The van der Waals surface area contributed by atoms with Crippen LogP contribution in [0.3, 0.4) is 0 Å². The maximum Gasteiger partial charge on any atom is 0.290 e. The molecule has 4 aromatic rings. The maximum absolute atomic E-state index is 4.82. The third-order valence-corrected chi connectivity index (χ3v) is 6.34. The summed E-state index contributed by atoms with van der Waals surface area (Å²) in [6, 6.07) is 27.2. The smallest absolute Gasteiger partial charge is 0.270 e. The van der Waals surface area contributed by atoms with Gasteiger partial charge in [0.2, 0.25) is 0 Å². The first-order valence-electron chi connectivity index (χ1n) is 10.8. The molecule has 0 aliphatic rings. The van der Waals surface area contributed by atoms with E-state index in [0.29, 0.717) is 0 Å². The fraction of sp³-hybridized carbons (Fsp3) is 0.148. The summed E-state index contributed by atoms with van der Waals surface area (Å²) in [5.41, 5.74) is 7.93. The summed E-state index contributed by atoms with van der Waals surface area (Å²) in [5.74, 6) is 0. The third-order valence-electron chi connectivity index (χ3n) is 5.40. The SMILES string of the molecule is Cc1ccc(/C(CP(C)C)=C(/B(c2ccccn2)c2ccccn2)c2ccccn2)cc1. The number of aryl methyl sites for hydroxylation is 1. The van der Waals surface area contributed by atoms with Gasteiger partial charge in [-0.15, -0.1) is 7.92 Å². The van der Waals surface area contributed by atoms with Crippen molar-refractivity contribution in [2.75, 3.05) is 19.5 Å². The molecule has 4 rings (SSSR count). The molecule has 0 N–H and O–H groups in total. The number of rotatable bonds is 7. The quantitative estimate of drug-likeness (QED) is 0.313. The summed E-state index contributed by atoms with van der Waals surface area (Å²) in [6.45, 7) is 6.68. The van der Waals surface area contributed by atoms with Crippen LogP contribution in [0.1, 0.15) is 16.8 Å². The van der Waals surface area contributed by atoms with E-state index >= 15 is 0 Å². The molecule has 1 aromatic carbocycles. The van der Waals surface area contributed by atoms with Crippen LogP contribution in [-0.2, 0) is 0 Å². The molecule has 0 aliphatic heterocycles. The molecule has 5 heteroatoms. The highest BCUT2D eigenvalue weighted by atomic mass is 31.1. The predicted molar refractivity (Wildman–Crippen MR) is 139 cm³/mol. The Balaban J connectivity index is 2.06. The maximum atomic E-state index is 4.82. The van der Waals surface area contributed by atoms with Gasteiger partial charge in [0.05, 0.1) is 5.69 Å². The van der Waals surface area contributed by atoms with Crippen LogP contribution in [0.15, 0.2) is 97.5 Å². The van der Waals surface area contributed by atoms with Crippen LogP contribution in [0.5, 0.6) is 0 Å². The number of pyridine rings is 3. The van der Waals surface area contributed by atoms with Crippen LogP contribution in [0, 0.1) is 6.92 Å². The number of aromatic nitrogens is 3. The zero-order valence-corrected chi connectivity index (χ0v) is 19.7. The molecule has 0 bridgehead atoms. The molecule has 0 saturated heterocycles. The van der Waals surface area contributed by atoms with Gasteiger partial charge in [-0.3, -0.25) is 15.0 Å². The fourth-order valence-corrected chi connectivity index (χ4v) is 4.93. The first-order valence-corrected chi connectivity index (χ1v) is 13.2.